The lowest BCUT2D eigenvalue weighted by Gasteiger charge is -2.09. The quantitative estimate of drug-likeness (QED) is 0.898. The lowest BCUT2D eigenvalue weighted by Crippen LogP contribution is -2.14. The van der Waals surface area contributed by atoms with Crippen molar-refractivity contribution in [3.8, 4) is 0 Å². The Balaban J connectivity index is 2.18. The molecule has 0 bridgehead atoms. The maximum atomic E-state index is 12.0. The average Bonchev–Trinajstić information content (AvgIpc) is 2.40. The first-order chi connectivity index (χ1) is 8.70. The van der Waals surface area contributed by atoms with Gasteiger partial charge in [-0.25, -0.2) is 9.97 Å². The largest absolute Gasteiger partial charge is 0.322 e. The molecule has 1 N–H and O–H groups in total. The molecule has 4 nitrogen and oxygen atoms in total. The highest BCUT2D eigenvalue weighted by Crippen LogP contribution is 2.16. The van der Waals surface area contributed by atoms with E-state index >= 15 is 0 Å². The highest BCUT2D eigenvalue weighted by molar-refractivity contribution is 6.04. The molecule has 0 fully saturated rings. The number of carbonyl (C=O) groups excluding carboxylic acids is 1. The molecule has 1 aromatic heterocycles. The molecule has 0 radical (unpaired) electrons. The van der Waals surface area contributed by atoms with Gasteiger partial charge in [0.25, 0.3) is 5.91 Å². The van der Waals surface area contributed by atoms with Crippen molar-refractivity contribution in [2.24, 2.45) is 0 Å². The Hall–Kier alpha value is -2.23. The zero-order chi connectivity index (χ0) is 13.0. The SMILES string of the molecule is CCc1ccccc1NC(=O)c1cnc(C)nc1. The van der Waals surface area contributed by atoms with E-state index in [4.69, 9.17) is 0 Å². The van der Waals surface area contributed by atoms with E-state index in [-0.39, 0.29) is 5.91 Å². The van der Waals surface area contributed by atoms with Crippen LogP contribution in [0.1, 0.15) is 28.7 Å². The molecule has 2 aromatic rings. The molecular formula is C14H15N3O. The van der Waals surface area contributed by atoms with Gasteiger partial charge < -0.3 is 5.32 Å². The summed E-state index contributed by atoms with van der Waals surface area (Å²) in [6, 6.07) is 7.76. The Morgan fingerprint density at radius 3 is 2.56 bits per heavy atom. The number of hydrogen-bond donors (Lipinski definition) is 1. The zero-order valence-corrected chi connectivity index (χ0v) is 10.5. The molecule has 1 aromatic carbocycles. The molecule has 18 heavy (non-hydrogen) atoms. The Kier molecular flexibility index (Phi) is 3.67. The van der Waals surface area contributed by atoms with E-state index in [1.54, 1.807) is 6.92 Å². The second kappa shape index (κ2) is 5.40. The van der Waals surface area contributed by atoms with Crippen LogP contribution in [0, 0.1) is 6.92 Å². The number of aryl methyl sites for hydroxylation is 2. The Morgan fingerprint density at radius 1 is 1.22 bits per heavy atom. The van der Waals surface area contributed by atoms with Crippen LogP contribution in [-0.2, 0) is 6.42 Å². The average molecular weight is 241 g/mol. The van der Waals surface area contributed by atoms with Gasteiger partial charge in [0.15, 0.2) is 0 Å². The molecule has 92 valence electrons. The predicted octanol–water partition coefficient (Wildman–Crippen LogP) is 2.60. The molecule has 2 rings (SSSR count). The monoisotopic (exact) mass is 241 g/mol. The van der Waals surface area contributed by atoms with Gasteiger partial charge in [-0.15, -0.1) is 0 Å². The molecule has 1 heterocycles. The molecule has 0 unspecified atom stereocenters. The van der Waals surface area contributed by atoms with Gasteiger partial charge in [-0.2, -0.15) is 0 Å². The van der Waals surface area contributed by atoms with E-state index in [1.165, 1.54) is 12.4 Å². The topological polar surface area (TPSA) is 54.9 Å². The fourth-order valence-corrected chi connectivity index (χ4v) is 1.65. The van der Waals surface area contributed by atoms with Gasteiger partial charge in [0.05, 0.1) is 5.56 Å². The maximum Gasteiger partial charge on any atom is 0.258 e. The highest BCUT2D eigenvalue weighted by atomic mass is 16.1. The second-order valence-electron chi connectivity index (χ2n) is 3.98. The van der Waals surface area contributed by atoms with Crippen molar-refractivity contribution in [2.75, 3.05) is 5.32 Å². The highest BCUT2D eigenvalue weighted by Gasteiger charge is 2.08. The van der Waals surface area contributed by atoms with Crippen LogP contribution in [0.2, 0.25) is 0 Å². The summed E-state index contributed by atoms with van der Waals surface area (Å²) in [6.07, 6.45) is 3.94. The zero-order valence-electron chi connectivity index (χ0n) is 10.5. The third-order valence-corrected chi connectivity index (χ3v) is 2.69. The predicted molar refractivity (Wildman–Crippen MR) is 70.5 cm³/mol. The number of nitrogens with zero attached hydrogens (tertiary/aromatic N) is 2. The molecular weight excluding hydrogens is 226 g/mol. The summed E-state index contributed by atoms with van der Waals surface area (Å²) in [6.45, 7) is 3.84. The standard InChI is InChI=1S/C14H15N3O/c1-3-11-6-4-5-7-13(11)17-14(18)12-8-15-10(2)16-9-12/h4-9H,3H2,1-2H3,(H,17,18). The van der Waals surface area contributed by atoms with Crippen LogP contribution in [0.4, 0.5) is 5.69 Å². The van der Waals surface area contributed by atoms with Gasteiger partial charge in [0.2, 0.25) is 0 Å². The minimum atomic E-state index is -0.184. The van der Waals surface area contributed by atoms with Crippen molar-refractivity contribution in [1.82, 2.24) is 9.97 Å². The molecule has 0 saturated heterocycles. The molecule has 0 aliphatic rings. The second-order valence-corrected chi connectivity index (χ2v) is 3.98. The van der Waals surface area contributed by atoms with E-state index < -0.39 is 0 Å². The molecule has 0 atom stereocenters. The summed E-state index contributed by atoms with van der Waals surface area (Å²) < 4.78 is 0. The van der Waals surface area contributed by atoms with Gasteiger partial charge in [-0.05, 0) is 25.0 Å². The third-order valence-electron chi connectivity index (χ3n) is 2.69. The minimum Gasteiger partial charge on any atom is -0.322 e. The van der Waals surface area contributed by atoms with Crippen LogP contribution >= 0.6 is 0 Å². The third kappa shape index (κ3) is 2.71. The van der Waals surface area contributed by atoms with E-state index in [9.17, 15) is 4.79 Å². The smallest absolute Gasteiger partial charge is 0.258 e. The first-order valence-electron chi connectivity index (χ1n) is 5.88. The van der Waals surface area contributed by atoms with Crippen LogP contribution in [-0.4, -0.2) is 15.9 Å². The Morgan fingerprint density at radius 2 is 1.89 bits per heavy atom. The number of carbonyl (C=O) groups is 1. The van der Waals surface area contributed by atoms with E-state index in [0.717, 1.165) is 17.7 Å². The lowest BCUT2D eigenvalue weighted by atomic mass is 10.1. The van der Waals surface area contributed by atoms with Crippen molar-refractivity contribution >= 4 is 11.6 Å². The van der Waals surface area contributed by atoms with Crippen molar-refractivity contribution in [1.29, 1.82) is 0 Å². The van der Waals surface area contributed by atoms with Gasteiger partial charge in [0, 0.05) is 18.1 Å². The summed E-state index contributed by atoms with van der Waals surface area (Å²) in [5.41, 5.74) is 2.41. The first kappa shape index (κ1) is 12.2. The summed E-state index contributed by atoms with van der Waals surface area (Å²) >= 11 is 0. The van der Waals surface area contributed by atoms with Crippen LogP contribution in [0.15, 0.2) is 36.7 Å². The van der Waals surface area contributed by atoms with Crippen LogP contribution in [0.25, 0.3) is 0 Å². The summed E-state index contributed by atoms with van der Waals surface area (Å²) in [7, 11) is 0. The number of hydrogen-bond acceptors (Lipinski definition) is 3. The normalized spacial score (nSPS) is 10.1. The fourth-order valence-electron chi connectivity index (χ4n) is 1.65. The minimum absolute atomic E-state index is 0.184. The fraction of sp³-hybridized carbons (Fsp3) is 0.214. The van der Waals surface area contributed by atoms with Crippen LogP contribution in [0.3, 0.4) is 0 Å². The maximum absolute atomic E-state index is 12.0. The number of aromatic nitrogens is 2. The number of rotatable bonds is 3. The van der Waals surface area contributed by atoms with Gasteiger partial charge in [-0.3, -0.25) is 4.79 Å². The summed E-state index contributed by atoms with van der Waals surface area (Å²) in [4.78, 5) is 20.0. The van der Waals surface area contributed by atoms with Crippen LogP contribution in [0.5, 0.6) is 0 Å². The number of benzene rings is 1. The number of nitrogens with one attached hydrogen (secondary N) is 1. The molecule has 4 heteroatoms. The Bertz CT molecular complexity index is 549. The van der Waals surface area contributed by atoms with Crippen molar-refractivity contribution in [3.63, 3.8) is 0 Å². The van der Waals surface area contributed by atoms with E-state index in [0.29, 0.717) is 11.4 Å². The summed E-state index contributed by atoms with van der Waals surface area (Å²) in [5.74, 6) is 0.469. The van der Waals surface area contributed by atoms with Crippen molar-refractivity contribution < 1.29 is 4.79 Å². The molecule has 0 saturated carbocycles. The van der Waals surface area contributed by atoms with E-state index in [1.807, 2.05) is 24.3 Å². The van der Waals surface area contributed by atoms with Crippen molar-refractivity contribution in [2.45, 2.75) is 20.3 Å². The summed E-state index contributed by atoms with van der Waals surface area (Å²) in [5, 5.41) is 2.88. The van der Waals surface area contributed by atoms with Crippen molar-refractivity contribution in [3.05, 3.63) is 53.6 Å². The van der Waals surface area contributed by atoms with Gasteiger partial charge in [-0.1, -0.05) is 25.1 Å². The first-order valence-corrected chi connectivity index (χ1v) is 5.88. The van der Waals surface area contributed by atoms with E-state index in [2.05, 4.69) is 22.2 Å². The number of para-hydroxylation sites is 1. The Labute approximate surface area is 106 Å². The van der Waals surface area contributed by atoms with Gasteiger partial charge >= 0.3 is 0 Å². The van der Waals surface area contributed by atoms with Crippen LogP contribution < -0.4 is 5.32 Å². The lowest BCUT2D eigenvalue weighted by molar-refractivity contribution is 0.102. The molecule has 1 amide bonds. The molecule has 0 spiro atoms. The number of amides is 1. The number of anilines is 1. The molecule has 0 aliphatic carbocycles. The molecule has 0 aliphatic heterocycles. The van der Waals surface area contributed by atoms with Gasteiger partial charge in [0.1, 0.15) is 5.82 Å².